The number of esters is 2. The monoisotopic (exact) mass is 460 g/mol. The summed E-state index contributed by atoms with van der Waals surface area (Å²) in [5, 5.41) is 2.47. The number of nitrogens with zero attached hydrogens (tertiary/aromatic N) is 1. The first-order valence-electron chi connectivity index (χ1n) is 9.93. The number of carbonyl (C=O) groups is 3. The first-order chi connectivity index (χ1) is 14.3. The van der Waals surface area contributed by atoms with Crippen molar-refractivity contribution in [2.24, 2.45) is 0 Å². The van der Waals surface area contributed by atoms with E-state index in [0.29, 0.717) is 31.3 Å². The number of carbonyl (C=O) groups excluding carboxylic acids is 3. The van der Waals surface area contributed by atoms with Crippen LogP contribution in [0.5, 0.6) is 0 Å². The van der Waals surface area contributed by atoms with Gasteiger partial charge in [-0.15, -0.1) is 23.2 Å². The van der Waals surface area contributed by atoms with Crippen molar-refractivity contribution in [2.45, 2.75) is 39.2 Å². The maximum Gasteiger partial charge on any atom is 0.343 e. The van der Waals surface area contributed by atoms with Crippen LogP contribution < -0.4 is 10.2 Å². The summed E-state index contributed by atoms with van der Waals surface area (Å²) in [6, 6.07) is 7.67. The minimum atomic E-state index is -1.89. The largest absolute Gasteiger partial charge is 0.464 e. The fourth-order valence-corrected chi connectivity index (χ4v) is 3.45. The molecule has 0 heterocycles. The molecule has 0 saturated heterocycles. The third-order valence-corrected chi connectivity index (χ3v) is 4.77. The Morgan fingerprint density at radius 3 is 1.87 bits per heavy atom. The van der Waals surface area contributed by atoms with Crippen molar-refractivity contribution < 1.29 is 23.9 Å². The maximum atomic E-state index is 12.7. The molecule has 0 fully saturated rings. The van der Waals surface area contributed by atoms with Gasteiger partial charge in [0.1, 0.15) is 0 Å². The Labute approximate surface area is 188 Å². The van der Waals surface area contributed by atoms with Crippen LogP contribution >= 0.6 is 23.2 Å². The zero-order valence-corrected chi connectivity index (χ0v) is 19.2. The number of benzene rings is 1. The molecular formula is C21H30Cl2N2O5. The molecule has 0 saturated carbocycles. The summed E-state index contributed by atoms with van der Waals surface area (Å²) < 4.78 is 10.2. The minimum absolute atomic E-state index is 0.0106. The van der Waals surface area contributed by atoms with Crippen LogP contribution in [-0.2, 0) is 30.3 Å². The van der Waals surface area contributed by atoms with E-state index in [2.05, 4.69) is 10.2 Å². The number of amides is 1. The van der Waals surface area contributed by atoms with E-state index >= 15 is 0 Å². The van der Waals surface area contributed by atoms with Gasteiger partial charge in [-0.3, -0.25) is 4.79 Å². The number of ether oxygens (including phenoxy) is 2. The number of aryl methyl sites for hydroxylation is 1. The number of halogens is 2. The molecule has 0 aromatic heterocycles. The second-order valence-electron chi connectivity index (χ2n) is 6.56. The van der Waals surface area contributed by atoms with Gasteiger partial charge in [0.05, 0.1) is 13.2 Å². The number of hydrogen-bond acceptors (Lipinski definition) is 6. The highest BCUT2D eigenvalue weighted by atomic mass is 35.5. The third kappa shape index (κ3) is 7.36. The summed E-state index contributed by atoms with van der Waals surface area (Å²) >= 11 is 11.7. The van der Waals surface area contributed by atoms with E-state index < -0.39 is 23.4 Å². The van der Waals surface area contributed by atoms with Gasteiger partial charge in [-0.05, 0) is 44.4 Å². The molecule has 1 rings (SSSR count). The van der Waals surface area contributed by atoms with Crippen LogP contribution in [0.4, 0.5) is 5.69 Å². The molecule has 168 valence electrons. The Hall–Kier alpha value is -1.99. The van der Waals surface area contributed by atoms with E-state index in [-0.39, 0.29) is 19.6 Å². The molecular weight excluding hydrogens is 431 g/mol. The number of nitrogens with one attached hydrogen (secondary N) is 1. The molecule has 1 aromatic carbocycles. The normalized spacial score (nSPS) is 11.0. The van der Waals surface area contributed by atoms with Gasteiger partial charge in [0.15, 0.2) is 0 Å². The fraction of sp³-hybridized carbons (Fsp3) is 0.571. The third-order valence-electron chi connectivity index (χ3n) is 4.44. The summed E-state index contributed by atoms with van der Waals surface area (Å²) in [6.07, 6.45) is 0.361. The average Bonchev–Trinajstić information content (AvgIpc) is 2.71. The fourth-order valence-electron chi connectivity index (χ4n) is 3.04. The predicted octanol–water partition coefficient (Wildman–Crippen LogP) is 2.90. The summed E-state index contributed by atoms with van der Waals surface area (Å²) in [5.74, 6) is -1.21. The minimum Gasteiger partial charge on any atom is -0.464 e. The smallest absolute Gasteiger partial charge is 0.343 e. The van der Waals surface area contributed by atoms with Crippen LogP contribution in [0.3, 0.4) is 0 Å². The first kappa shape index (κ1) is 26.0. The molecule has 0 aliphatic carbocycles. The quantitative estimate of drug-likeness (QED) is 0.276. The standard InChI is InChI=1S/C21H30Cl2N2O5/c1-4-29-19(27)21(24-16(3)26,20(28)30-5-2)11-10-17-6-8-18(9-7-17)25(14-12-22)15-13-23/h6-9H,4-5,10-15H2,1-3H3,(H,24,26). The molecule has 0 atom stereocenters. The van der Waals surface area contributed by atoms with Gasteiger partial charge in [0.25, 0.3) is 0 Å². The second kappa shape index (κ2) is 13.3. The van der Waals surface area contributed by atoms with Crippen molar-refractivity contribution in [2.75, 3.05) is 43.0 Å². The van der Waals surface area contributed by atoms with E-state index in [0.717, 1.165) is 11.3 Å². The Balaban J connectivity index is 3.08. The maximum absolute atomic E-state index is 12.7. The van der Waals surface area contributed by atoms with E-state index in [4.69, 9.17) is 32.7 Å². The van der Waals surface area contributed by atoms with Crippen LogP contribution in [0.25, 0.3) is 0 Å². The van der Waals surface area contributed by atoms with Crippen molar-refractivity contribution in [1.29, 1.82) is 0 Å². The topological polar surface area (TPSA) is 84.9 Å². The van der Waals surface area contributed by atoms with E-state index in [1.807, 2.05) is 24.3 Å². The van der Waals surface area contributed by atoms with Crippen molar-refractivity contribution >= 4 is 46.7 Å². The molecule has 0 spiro atoms. The van der Waals surface area contributed by atoms with Crippen LogP contribution in [0.1, 0.15) is 32.8 Å². The molecule has 30 heavy (non-hydrogen) atoms. The van der Waals surface area contributed by atoms with E-state index in [1.54, 1.807) is 13.8 Å². The summed E-state index contributed by atoms with van der Waals surface area (Å²) in [4.78, 5) is 39.2. The van der Waals surface area contributed by atoms with Gasteiger partial charge in [-0.25, -0.2) is 9.59 Å². The Morgan fingerprint density at radius 2 is 1.47 bits per heavy atom. The molecule has 0 aliphatic rings. The summed E-state index contributed by atoms with van der Waals surface area (Å²) in [7, 11) is 0. The molecule has 1 N–H and O–H groups in total. The average molecular weight is 461 g/mol. The Bertz CT molecular complexity index is 673. The van der Waals surface area contributed by atoms with Crippen molar-refractivity contribution in [1.82, 2.24) is 5.32 Å². The number of anilines is 1. The van der Waals surface area contributed by atoms with Crippen LogP contribution in [-0.4, -0.2) is 61.4 Å². The lowest BCUT2D eigenvalue weighted by atomic mass is 9.90. The number of rotatable bonds is 13. The molecule has 1 aromatic rings. The Morgan fingerprint density at radius 1 is 0.967 bits per heavy atom. The van der Waals surface area contributed by atoms with Crippen LogP contribution in [0.15, 0.2) is 24.3 Å². The molecule has 9 heteroatoms. The van der Waals surface area contributed by atoms with Crippen LogP contribution in [0, 0.1) is 0 Å². The second-order valence-corrected chi connectivity index (χ2v) is 7.31. The predicted molar refractivity (Wildman–Crippen MR) is 118 cm³/mol. The molecule has 7 nitrogen and oxygen atoms in total. The van der Waals surface area contributed by atoms with Gasteiger partial charge < -0.3 is 19.7 Å². The molecule has 0 aliphatic heterocycles. The molecule has 0 bridgehead atoms. The summed E-state index contributed by atoms with van der Waals surface area (Å²) in [6.45, 7) is 6.00. The SMILES string of the molecule is CCOC(=O)C(CCc1ccc(N(CCCl)CCCl)cc1)(NC(C)=O)C(=O)OCC. The van der Waals surface area contributed by atoms with Gasteiger partial charge in [-0.2, -0.15) is 0 Å². The lowest BCUT2D eigenvalue weighted by molar-refractivity contribution is -0.168. The van der Waals surface area contributed by atoms with Crippen molar-refractivity contribution in [3.8, 4) is 0 Å². The lowest BCUT2D eigenvalue weighted by Gasteiger charge is -2.29. The number of hydrogen-bond donors (Lipinski definition) is 1. The van der Waals surface area contributed by atoms with Gasteiger partial charge in [-0.1, -0.05) is 12.1 Å². The lowest BCUT2D eigenvalue weighted by Crippen LogP contribution is -2.61. The van der Waals surface area contributed by atoms with Crippen LogP contribution in [0.2, 0.25) is 0 Å². The first-order valence-corrected chi connectivity index (χ1v) is 11.0. The van der Waals surface area contributed by atoms with Gasteiger partial charge in [0, 0.05) is 37.5 Å². The van der Waals surface area contributed by atoms with Crippen molar-refractivity contribution in [3.05, 3.63) is 29.8 Å². The molecule has 0 radical (unpaired) electrons. The molecule has 1 amide bonds. The van der Waals surface area contributed by atoms with E-state index in [1.165, 1.54) is 6.92 Å². The highest BCUT2D eigenvalue weighted by Gasteiger charge is 2.49. The van der Waals surface area contributed by atoms with Gasteiger partial charge >= 0.3 is 11.9 Å². The highest BCUT2D eigenvalue weighted by molar-refractivity contribution is 6.18. The van der Waals surface area contributed by atoms with Crippen molar-refractivity contribution in [3.63, 3.8) is 0 Å². The van der Waals surface area contributed by atoms with E-state index in [9.17, 15) is 14.4 Å². The summed E-state index contributed by atoms with van der Waals surface area (Å²) in [5.41, 5.74) is -0.0254. The highest BCUT2D eigenvalue weighted by Crippen LogP contribution is 2.22. The zero-order valence-electron chi connectivity index (χ0n) is 17.7. The molecule has 0 unspecified atom stereocenters. The number of alkyl halides is 2. The zero-order chi connectivity index (χ0) is 22.6. The Kier molecular flexibility index (Phi) is 11.6. The van der Waals surface area contributed by atoms with Gasteiger partial charge in [0.2, 0.25) is 11.4 Å².